The Kier molecular flexibility index (Phi) is 6.32. The second-order valence-corrected chi connectivity index (χ2v) is 8.81. The molecule has 1 aromatic carbocycles. The number of hydrogen-bond donors (Lipinski definition) is 1. The van der Waals surface area contributed by atoms with E-state index >= 15 is 0 Å². The molecule has 0 aliphatic heterocycles. The van der Waals surface area contributed by atoms with E-state index in [0.29, 0.717) is 16.7 Å². The molecule has 0 radical (unpaired) electrons. The number of Topliss-reactive ketones (excluding diaryl/α,β-unsaturated/α-hetero) is 1. The second kappa shape index (κ2) is 9.25. The summed E-state index contributed by atoms with van der Waals surface area (Å²) in [4.78, 5) is 55.2. The van der Waals surface area contributed by atoms with Crippen LogP contribution in [-0.4, -0.2) is 42.3 Å². The number of carbonyl (C=O) groups is 2. The molecule has 0 unspecified atom stereocenters. The van der Waals surface area contributed by atoms with Crippen LogP contribution in [0.15, 0.2) is 46.1 Å². The van der Waals surface area contributed by atoms with Crippen LogP contribution in [0.1, 0.15) is 46.2 Å². The van der Waals surface area contributed by atoms with Crippen LogP contribution in [0.3, 0.4) is 0 Å². The molecule has 0 aliphatic rings. The summed E-state index contributed by atoms with van der Waals surface area (Å²) in [6.45, 7) is 5.13. The number of ether oxygens (including phenoxy) is 1. The first-order valence-corrected chi connectivity index (χ1v) is 11.2. The second-order valence-electron chi connectivity index (χ2n) is 8.81. The Morgan fingerprint density at radius 1 is 1.08 bits per heavy atom. The highest BCUT2D eigenvalue weighted by Gasteiger charge is 2.24. The number of ketones is 1. The van der Waals surface area contributed by atoms with Crippen molar-refractivity contribution in [2.24, 2.45) is 14.1 Å². The van der Waals surface area contributed by atoms with Crippen LogP contribution in [0.25, 0.3) is 22.3 Å². The van der Waals surface area contributed by atoms with Crippen molar-refractivity contribution in [3.63, 3.8) is 0 Å². The minimum Gasteiger partial charge on any atom is -0.454 e. The molecule has 3 heterocycles. The third-order valence-corrected chi connectivity index (χ3v) is 5.95. The third-order valence-electron chi connectivity index (χ3n) is 5.95. The van der Waals surface area contributed by atoms with Crippen LogP contribution in [0, 0.1) is 6.92 Å². The lowest BCUT2D eigenvalue weighted by atomic mass is 10.1. The Hall–Kier alpha value is -4.54. The predicted octanol–water partition coefficient (Wildman–Crippen LogP) is 2.01. The summed E-state index contributed by atoms with van der Waals surface area (Å²) in [6.07, 6.45) is 1.53. The average Bonchev–Trinajstić information content (AvgIpc) is 3.29. The van der Waals surface area contributed by atoms with Crippen molar-refractivity contribution in [2.45, 2.75) is 26.8 Å². The van der Waals surface area contributed by atoms with Gasteiger partial charge in [0.05, 0.1) is 22.8 Å². The summed E-state index contributed by atoms with van der Waals surface area (Å²) >= 11 is 0. The number of pyridine rings is 1. The van der Waals surface area contributed by atoms with Gasteiger partial charge in [-0.25, -0.2) is 19.3 Å². The van der Waals surface area contributed by atoms with Crippen LogP contribution in [0.5, 0.6) is 0 Å². The molecule has 3 aromatic heterocycles. The quantitative estimate of drug-likeness (QED) is 0.319. The Morgan fingerprint density at radius 2 is 1.75 bits per heavy atom. The molecule has 0 fully saturated rings. The van der Waals surface area contributed by atoms with E-state index in [1.165, 1.54) is 20.3 Å². The molecule has 0 spiro atoms. The van der Waals surface area contributed by atoms with Crippen LogP contribution in [0.2, 0.25) is 0 Å². The average molecular weight is 491 g/mol. The van der Waals surface area contributed by atoms with Crippen molar-refractivity contribution in [1.82, 2.24) is 23.9 Å². The van der Waals surface area contributed by atoms with Gasteiger partial charge < -0.3 is 10.5 Å². The van der Waals surface area contributed by atoms with Crippen molar-refractivity contribution >= 4 is 28.6 Å². The van der Waals surface area contributed by atoms with Crippen LogP contribution in [-0.2, 0) is 18.8 Å². The number of benzene rings is 1. The zero-order valence-electron chi connectivity index (χ0n) is 20.6. The van der Waals surface area contributed by atoms with Gasteiger partial charge in [-0.2, -0.15) is 5.10 Å². The number of fused-ring (bicyclic) bond motifs is 1. The van der Waals surface area contributed by atoms with Gasteiger partial charge in [0, 0.05) is 25.7 Å². The van der Waals surface area contributed by atoms with E-state index in [9.17, 15) is 19.2 Å². The summed E-state index contributed by atoms with van der Waals surface area (Å²) in [5.74, 6) is -1.90. The summed E-state index contributed by atoms with van der Waals surface area (Å²) in [5.41, 5.74) is 6.99. The van der Waals surface area contributed by atoms with E-state index in [2.05, 4.69) is 5.10 Å². The molecule has 0 bridgehead atoms. The molecule has 2 N–H and O–H groups in total. The summed E-state index contributed by atoms with van der Waals surface area (Å²) in [6, 6.07) is 9.25. The number of esters is 1. The van der Waals surface area contributed by atoms with Crippen molar-refractivity contribution in [1.29, 1.82) is 0 Å². The third kappa shape index (κ3) is 4.19. The number of aryl methyl sites for hydroxylation is 1. The highest BCUT2D eigenvalue weighted by molar-refractivity contribution is 6.06. The fourth-order valence-electron chi connectivity index (χ4n) is 3.84. The molecule has 11 nitrogen and oxygen atoms in total. The number of aromatic nitrogens is 5. The smallest absolute Gasteiger partial charge is 0.339 e. The normalized spacial score (nSPS) is 11.3. The zero-order chi connectivity index (χ0) is 26.3. The number of anilines is 1. The standard InChI is InChI=1S/C25H26N6O5/c1-13(2)31-22-17(11-27-31)16(10-18(28-22)15-8-6-14(3)7-9-15)24(34)36-12-19(32)20-21(26)29(4)25(35)30(5)23(20)33/h6-11,13H,12,26H2,1-5H3. The molecular weight excluding hydrogens is 464 g/mol. The summed E-state index contributed by atoms with van der Waals surface area (Å²) < 4.78 is 8.76. The van der Waals surface area contributed by atoms with Gasteiger partial charge in [-0.05, 0) is 26.8 Å². The SMILES string of the molecule is Cc1ccc(-c2cc(C(=O)OCC(=O)c3c(N)n(C)c(=O)n(C)c3=O)c3cnn(C(C)C)c3n2)cc1. The molecule has 4 rings (SSSR count). The molecule has 4 aromatic rings. The Bertz CT molecular complexity index is 1630. The van der Waals surface area contributed by atoms with E-state index in [1.807, 2.05) is 45.0 Å². The van der Waals surface area contributed by atoms with Crippen LogP contribution >= 0.6 is 0 Å². The first-order valence-electron chi connectivity index (χ1n) is 11.2. The van der Waals surface area contributed by atoms with E-state index in [-0.39, 0.29) is 17.4 Å². The maximum Gasteiger partial charge on any atom is 0.339 e. The first kappa shape index (κ1) is 24.6. The van der Waals surface area contributed by atoms with Crippen molar-refractivity contribution in [3.05, 3.63) is 74.1 Å². The molecular formula is C25H26N6O5. The van der Waals surface area contributed by atoms with Gasteiger partial charge in [0.25, 0.3) is 5.56 Å². The molecule has 0 amide bonds. The predicted molar refractivity (Wildman–Crippen MR) is 134 cm³/mol. The Balaban J connectivity index is 1.72. The highest BCUT2D eigenvalue weighted by atomic mass is 16.5. The van der Waals surface area contributed by atoms with Crippen LogP contribution < -0.4 is 17.0 Å². The number of rotatable bonds is 6. The Morgan fingerprint density at radius 3 is 2.39 bits per heavy atom. The monoisotopic (exact) mass is 490 g/mol. The van der Waals surface area contributed by atoms with Crippen molar-refractivity contribution in [2.75, 3.05) is 12.3 Å². The van der Waals surface area contributed by atoms with E-state index in [1.54, 1.807) is 10.7 Å². The van der Waals surface area contributed by atoms with Gasteiger partial charge in [0.1, 0.15) is 11.4 Å². The van der Waals surface area contributed by atoms with E-state index in [0.717, 1.165) is 20.3 Å². The fraction of sp³-hybridized carbons (Fsp3) is 0.280. The number of nitrogens with zero attached hydrogens (tertiary/aromatic N) is 5. The lowest BCUT2D eigenvalue weighted by Crippen LogP contribution is -2.42. The number of carbonyl (C=O) groups excluding carboxylic acids is 2. The molecule has 0 aliphatic carbocycles. The number of nitrogens with two attached hydrogens (primary N) is 1. The number of hydrogen-bond acceptors (Lipinski definition) is 8. The summed E-state index contributed by atoms with van der Waals surface area (Å²) in [5, 5.41) is 4.83. The largest absolute Gasteiger partial charge is 0.454 e. The molecule has 0 saturated carbocycles. The lowest BCUT2D eigenvalue weighted by molar-refractivity contribution is 0.0476. The number of nitrogen functional groups attached to an aromatic ring is 1. The summed E-state index contributed by atoms with van der Waals surface area (Å²) in [7, 11) is 2.58. The van der Waals surface area contributed by atoms with Crippen LogP contribution in [0.4, 0.5) is 5.82 Å². The maximum absolute atomic E-state index is 13.2. The van der Waals surface area contributed by atoms with Gasteiger partial charge in [0.15, 0.2) is 12.3 Å². The minimum atomic E-state index is -0.859. The Labute approximate surface area is 205 Å². The molecule has 36 heavy (non-hydrogen) atoms. The molecule has 0 atom stereocenters. The van der Waals surface area contributed by atoms with Gasteiger partial charge in [-0.15, -0.1) is 0 Å². The van der Waals surface area contributed by atoms with Gasteiger partial charge >= 0.3 is 11.7 Å². The highest BCUT2D eigenvalue weighted by Crippen LogP contribution is 2.27. The topological polar surface area (TPSA) is 144 Å². The van der Waals surface area contributed by atoms with Gasteiger partial charge in [-0.3, -0.25) is 18.7 Å². The van der Waals surface area contributed by atoms with Gasteiger partial charge in [0.2, 0.25) is 5.78 Å². The fourth-order valence-corrected chi connectivity index (χ4v) is 3.84. The van der Waals surface area contributed by atoms with E-state index < -0.39 is 35.2 Å². The van der Waals surface area contributed by atoms with Gasteiger partial charge in [-0.1, -0.05) is 29.8 Å². The zero-order valence-corrected chi connectivity index (χ0v) is 20.6. The van der Waals surface area contributed by atoms with Crippen molar-refractivity contribution in [3.8, 4) is 11.3 Å². The van der Waals surface area contributed by atoms with Crippen molar-refractivity contribution < 1.29 is 14.3 Å². The molecule has 11 heteroatoms. The first-order chi connectivity index (χ1) is 17.0. The lowest BCUT2D eigenvalue weighted by Gasteiger charge is -2.12. The van der Waals surface area contributed by atoms with E-state index in [4.69, 9.17) is 15.5 Å². The minimum absolute atomic E-state index is 0.0161. The maximum atomic E-state index is 13.2. The molecule has 186 valence electrons. The molecule has 0 saturated heterocycles.